The Morgan fingerprint density at radius 2 is 2.32 bits per heavy atom. The van der Waals surface area contributed by atoms with Crippen LogP contribution in [-0.2, 0) is 12.8 Å². The average Bonchev–Trinajstić information content (AvgIpc) is 2.81. The van der Waals surface area contributed by atoms with Crippen LogP contribution in [0.4, 0.5) is 11.4 Å². The molecule has 1 N–H and O–H groups in total. The molecule has 0 unspecified atom stereocenters. The van der Waals surface area contributed by atoms with E-state index in [0.29, 0.717) is 5.75 Å². The molecule has 0 spiro atoms. The zero-order chi connectivity index (χ0) is 13.8. The quantitative estimate of drug-likeness (QED) is 0.512. The molecule has 19 heavy (non-hydrogen) atoms. The highest BCUT2D eigenvalue weighted by molar-refractivity contribution is 7.98. The summed E-state index contributed by atoms with van der Waals surface area (Å²) >= 11 is 1.48. The largest absolute Gasteiger partial charge is 0.388 e. The van der Waals surface area contributed by atoms with Crippen molar-refractivity contribution in [3.05, 3.63) is 40.2 Å². The number of thioether (sulfide) groups is 1. The van der Waals surface area contributed by atoms with E-state index in [2.05, 4.69) is 15.5 Å². The second-order valence-electron chi connectivity index (χ2n) is 3.86. The first kappa shape index (κ1) is 13.3. The molecule has 0 aliphatic rings. The minimum Gasteiger partial charge on any atom is -0.388 e. The molecule has 0 fully saturated rings. The number of benzene rings is 1. The van der Waals surface area contributed by atoms with Crippen molar-refractivity contribution in [3.8, 4) is 0 Å². The number of aryl methyl sites for hydroxylation is 1. The summed E-state index contributed by atoms with van der Waals surface area (Å²) < 4.78 is 1.81. The van der Waals surface area contributed by atoms with Crippen LogP contribution in [0.15, 0.2) is 29.7 Å². The Labute approximate surface area is 114 Å². The number of aromatic nitrogens is 3. The molecule has 8 heteroatoms. The van der Waals surface area contributed by atoms with Gasteiger partial charge in [0.2, 0.25) is 0 Å². The van der Waals surface area contributed by atoms with E-state index < -0.39 is 4.92 Å². The molecule has 0 saturated carbocycles. The maximum absolute atomic E-state index is 10.8. The molecule has 0 amide bonds. The lowest BCUT2D eigenvalue weighted by atomic mass is 10.2. The minimum atomic E-state index is -0.393. The van der Waals surface area contributed by atoms with Crippen molar-refractivity contribution in [2.75, 3.05) is 12.4 Å². The van der Waals surface area contributed by atoms with Crippen molar-refractivity contribution in [2.24, 2.45) is 7.05 Å². The van der Waals surface area contributed by atoms with Crippen molar-refractivity contribution in [1.82, 2.24) is 14.8 Å². The fourth-order valence-corrected chi connectivity index (χ4v) is 2.48. The Morgan fingerprint density at radius 1 is 1.53 bits per heavy atom. The molecule has 7 nitrogen and oxygen atoms in total. The Kier molecular flexibility index (Phi) is 4.00. The van der Waals surface area contributed by atoms with Crippen LogP contribution in [0.1, 0.15) is 5.56 Å². The first-order valence-electron chi connectivity index (χ1n) is 5.53. The van der Waals surface area contributed by atoms with Gasteiger partial charge in [-0.2, -0.15) is 0 Å². The standard InChI is InChI=1S/C11H13N5O2S/c1-12-10-4-3-9(16(17)18)5-8(10)6-19-11-14-13-7-15(11)2/h3-5,7,12H,6H2,1-2H3. The van der Waals surface area contributed by atoms with Crippen LogP contribution in [-0.4, -0.2) is 26.7 Å². The molecule has 0 radical (unpaired) electrons. The summed E-state index contributed by atoms with van der Waals surface area (Å²) in [4.78, 5) is 10.4. The number of nitrogens with zero attached hydrogens (tertiary/aromatic N) is 4. The van der Waals surface area contributed by atoms with E-state index in [1.54, 1.807) is 30.1 Å². The summed E-state index contributed by atoms with van der Waals surface area (Å²) in [6.07, 6.45) is 1.62. The van der Waals surface area contributed by atoms with Gasteiger partial charge in [-0.1, -0.05) is 11.8 Å². The molecule has 1 aromatic heterocycles. The molecule has 1 aromatic carbocycles. The van der Waals surface area contributed by atoms with Gasteiger partial charge in [0.1, 0.15) is 6.33 Å². The van der Waals surface area contributed by atoms with Gasteiger partial charge in [-0.3, -0.25) is 10.1 Å². The molecule has 0 aliphatic carbocycles. The molecule has 2 aromatic rings. The molecule has 2 rings (SSSR count). The Balaban J connectivity index is 2.20. The first-order chi connectivity index (χ1) is 9.11. The van der Waals surface area contributed by atoms with E-state index >= 15 is 0 Å². The Bertz CT molecular complexity index is 599. The van der Waals surface area contributed by atoms with Crippen molar-refractivity contribution in [3.63, 3.8) is 0 Å². The van der Waals surface area contributed by atoms with Crippen LogP contribution in [0, 0.1) is 10.1 Å². The third-order valence-electron chi connectivity index (χ3n) is 2.60. The topological polar surface area (TPSA) is 85.9 Å². The number of non-ortho nitro benzene ring substituents is 1. The van der Waals surface area contributed by atoms with Crippen LogP contribution in [0.2, 0.25) is 0 Å². The maximum atomic E-state index is 10.8. The minimum absolute atomic E-state index is 0.0903. The molecular weight excluding hydrogens is 266 g/mol. The lowest BCUT2D eigenvalue weighted by molar-refractivity contribution is -0.384. The summed E-state index contributed by atoms with van der Waals surface area (Å²) in [5.41, 5.74) is 1.83. The van der Waals surface area contributed by atoms with Gasteiger partial charge in [-0.25, -0.2) is 0 Å². The SMILES string of the molecule is CNc1ccc([N+](=O)[O-])cc1CSc1nncn1C. The van der Waals surface area contributed by atoms with Crippen molar-refractivity contribution in [2.45, 2.75) is 10.9 Å². The number of hydrogen-bond acceptors (Lipinski definition) is 6. The highest BCUT2D eigenvalue weighted by Crippen LogP contribution is 2.28. The van der Waals surface area contributed by atoms with Crippen molar-refractivity contribution >= 4 is 23.1 Å². The summed E-state index contributed by atoms with van der Waals surface area (Å²) in [7, 11) is 3.65. The third-order valence-corrected chi connectivity index (χ3v) is 3.68. The second-order valence-corrected chi connectivity index (χ2v) is 4.80. The molecule has 0 saturated heterocycles. The van der Waals surface area contributed by atoms with Crippen LogP contribution in [0.5, 0.6) is 0 Å². The van der Waals surface area contributed by atoms with Crippen LogP contribution in [0.25, 0.3) is 0 Å². The molecular formula is C11H13N5O2S. The predicted octanol–water partition coefficient (Wildman–Crippen LogP) is 2.06. The molecule has 1 heterocycles. The monoisotopic (exact) mass is 279 g/mol. The third kappa shape index (κ3) is 3.02. The number of nitrogens with one attached hydrogen (secondary N) is 1. The van der Waals surface area contributed by atoms with Gasteiger partial charge in [0.05, 0.1) is 4.92 Å². The van der Waals surface area contributed by atoms with Gasteiger partial charge >= 0.3 is 0 Å². The van der Waals surface area contributed by atoms with E-state index in [1.165, 1.54) is 17.8 Å². The predicted molar refractivity (Wildman–Crippen MR) is 73.2 cm³/mol. The molecule has 0 atom stereocenters. The molecule has 0 aliphatic heterocycles. The van der Waals surface area contributed by atoms with Gasteiger partial charge < -0.3 is 9.88 Å². The van der Waals surface area contributed by atoms with Crippen molar-refractivity contribution < 1.29 is 4.92 Å². The maximum Gasteiger partial charge on any atom is 0.269 e. The Morgan fingerprint density at radius 3 is 2.89 bits per heavy atom. The summed E-state index contributed by atoms with van der Waals surface area (Å²) in [5.74, 6) is 0.588. The van der Waals surface area contributed by atoms with Crippen LogP contribution >= 0.6 is 11.8 Å². The first-order valence-corrected chi connectivity index (χ1v) is 6.52. The summed E-state index contributed by atoms with van der Waals surface area (Å²) in [5, 5.41) is 22.3. The molecule has 0 bridgehead atoms. The van der Waals surface area contributed by atoms with Gasteiger partial charge in [0.15, 0.2) is 5.16 Å². The highest BCUT2D eigenvalue weighted by Gasteiger charge is 2.11. The van der Waals surface area contributed by atoms with Gasteiger partial charge in [0.25, 0.3) is 5.69 Å². The van der Waals surface area contributed by atoms with E-state index in [9.17, 15) is 10.1 Å². The number of hydrogen-bond donors (Lipinski definition) is 1. The fourth-order valence-electron chi connectivity index (χ4n) is 1.60. The van der Waals surface area contributed by atoms with Gasteiger partial charge in [-0.05, 0) is 11.6 Å². The van der Waals surface area contributed by atoms with E-state index in [4.69, 9.17) is 0 Å². The number of anilines is 1. The van der Waals surface area contributed by atoms with Gasteiger partial charge in [-0.15, -0.1) is 10.2 Å². The average molecular weight is 279 g/mol. The normalized spacial score (nSPS) is 10.4. The van der Waals surface area contributed by atoms with E-state index in [-0.39, 0.29) is 5.69 Å². The van der Waals surface area contributed by atoms with Crippen LogP contribution in [0.3, 0.4) is 0 Å². The van der Waals surface area contributed by atoms with Crippen LogP contribution < -0.4 is 5.32 Å². The number of nitro benzene ring substituents is 1. The van der Waals surface area contributed by atoms with Crippen molar-refractivity contribution in [1.29, 1.82) is 0 Å². The zero-order valence-electron chi connectivity index (χ0n) is 10.5. The zero-order valence-corrected chi connectivity index (χ0v) is 11.3. The van der Waals surface area contributed by atoms with E-state index in [0.717, 1.165) is 16.4 Å². The van der Waals surface area contributed by atoms with Gasteiger partial charge in [0, 0.05) is 37.7 Å². The summed E-state index contributed by atoms with van der Waals surface area (Å²) in [6, 6.07) is 4.78. The Hall–Kier alpha value is -2.09. The number of rotatable bonds is 5. The lowest BCUT2D eigenvalue weighted by Crippen LogP contribution is -1.97. The van der Waals surface area contributed by atoms with E-state index in [1.807, 2.05) is 7.05 Å². The lowest BCUT2D eigenvalue weighted by Gasteiger charge is -2.08. The summed E-state index contributed by atoms with van der Waals surface area (Å²) in [6.45, 7) is 0. The second kappa shape index (κ2) is 5.70. The smallest absolute Gasteiger partial charge is 0.269 e. The number of nitro groups is 1. The fraction of sp³-hybridized carbons (Fsp3) is 0.273. The molecule has 100 valence electrons. The highest BCUT2D eigenvalue weighted by atomic mass is 32.2.